The SMILES string of the molecule is CC(=O)c1nn2c3c(cc(-c4cnc(C)nc4)cc13)CCCCCC/C=C\c1cn(nn1)C[C@@]13C[C@@H](C(=O)Nc4nc(Br)ccc4C)N(C(=O)C2)C1[C@@H]3C. The van der Waals surface area contributed by atoms with Gasteiger partial charge in [0.15, 0.2) is 5.78 Å². The number of allylic oxidation sites excluding steroid dienone is 1. The minimum Gasteiger partial charge on any atom is -0.325 e. The molecule has 3 aliphatic rings. The molecule has 1 aromatic carbocycles. The summed E-state index contributed by atoms with van der Waals surface area (Å²) in [5, 5.41) is 17.4. The highest BCUT2D eigenvalue weighted by Gasteiger charge is 2.72. The molecule has 13 nitrogen and oxygen atoms in total. The fraction of sp³-hybridized carbons (Fsp3) is 0.425. The van der Waals surface area contributed by atoms with Crippen LogP contribution in [-0.2, 0) is 29.1 Å². The van der Waals surface area contributed by atoms with Crippen molar-refractivity contribution in [2.45, 2.75) is 97.8 Å². The van der Waals surface area contributed by atoms with Crippen LogP contribution in [0.15, 0.2) is 53.5 Å². The van der Waals surface area contributed by atoms with Crippen LogP contribution in [-0.4, -0.2) is 74.3 Å². The van der Waals surface area contributed by atoms with E-state index in [2.05, 4.69) is 65.6 Å². The second kappa shape index (κ2) is 14.3. The maximum absolute atomic E-state index is 14.8. The largest absolute Gasteiger partial charge is 0.325 e. The van der Waals surface area contributed by atoms with Crippen molar-refractivity contribution in [1.29, 1.82) is 0 Å². The lowest BCUT2D eigenvalue weighted by molar-refractivity contribution is -0.138. The van der Waals surface area contributed by atoms with Gasteiger partial charge in [-0.2, -0.15) is 5.10 Å². The second-order valence-corrected chi connectivity index (χ2v) is 15.9. The van der Waals surface area contributed by atoms with Gasteiger partial charge in [0, 0.05) is 41.7 Å². The minimum absolute atomic E-state index is 0.116. The van der Waals surface area contributed by atoms with Gasteiger partial charge in [-0.1, -0.05) is 37.1 Å². The number of anilines is 1. The van der Waals surface area contributed by atoms with Gasteiger partial charge in [0.05, 0.1) is 18.3 Å². The molecular formula is C40H43BrN10O3. The van der Waals surface area contributed by atoms with Crippen molar-refractivity contribution in [2.75, 3.05) is 5.32 Å². The van der Waals surface area contributed by atoms with E-state index in [9.17, 15) is 14.4 Å². The lowest BCUT2D eigenvalue weighted by atomic mass is 9.95. The first-order chi connectivity index (χ1) is 26.0. The number of nitrogens with one attached hydrogen (secondary N) is 1. The van der Waals surface area contributed by atoms with Crippen molar-refractivity contribution in [3.05, 3.63) is 81.9 Å². The molecular weight excluding hydrogens is 748 g/mol. The number of carbonyl (C=O) groups excluding carboxylic acids is 3. The van der Waals surface area contributed by atoms with Crippen LogP contribution in [0.4, 0.5) is 5.82 Å². The number of piperidine rings is 1. The summed E-state index contributed by atoms with van der Waals surface area (Å²) in [7, 11) is 0. The molecule has 278 valence electrons. The summed E-state index contributed by atoms with van der Waals surface area (Å²) in [6.45, 7) is 7.77. The van der Waals surface area contributed by atoms with Crippen LogP contribution in [0, 0.1) is 25.2 Å². The average molecular weight is 792 g/mol. The topological polar surface area (TPSA) is 154 Å². The Labute approximate surface area is 321 Å². The van der Waals surface area contributed by atoms with Gasteiger partial charge in [-0.25, -0.2) is 15.0 Å². The first kappa shape index (κ1) is 35.9. The quantitative estimate of drug-likeness (QED) is 0.158. The normalized spacial score (nSPS) is 23.5. The summed E-state index contributed by atoms with van der Waals surface area (Å²) in [6, 6.07) is 6.83. The van der Waals surface area contributed by atoms with E-state index in [1.807, 2.05) is 49.0 Å². The van der Waals surface area contributed by atoms with Gasteiger partial charge in [-0.15, -0.1) is 5.10 Å². The third-order valence-electron chi connectivity index (χ3n) is 11.5. The van der Waals surface area contributed by atoms with Gasteiger partial charge in [0.1, 0.15) is 40.2 Å². The molecule has 0 spiro atoms. The summed E-state index contributed by atoms with van der Waals surface area (Å²) >= 11 is 3.42. The molecule has 2 amide bonds. The number of pyridine rings is 1. The number of hydrogen-bond donors (Lipinski definition) is 1. The monoisotopic (exact) mass is 790 g/mol. The highest BCUT2D eigenvalue weighted by Crippen LogP contribution is 2.65. The van der Waals surface area contributed by atoms with Gasteiger partial charge in [-0.3, -0.25) is 23.7 Å². The van der Waals surface area contributed by atoms with E-state index in [1.54, 1.807) is 22.0 Å². The molecule has 4 aromatic heterocycles. The number of rotatable bonds is 4. The number of carbonyl (C=O) groups is 3. The Hall–Kier alpha value is -5.11. The van der Waals surface area contributed by atoms with E-state index >= 15 is 0 Å². The smallest absolute Gasteiger partial charge is 0.248 e. The fourth-order valence-electron chi connectivity index (χ4n) is 8.62. The Morgan fingerprint density at radius 3 is 2.63 bits per heavy atom. The van der Waals surface area contributed by atoms with Crippen LogP contribution in [0.3, 0.4) is 0 Å². The van der Waals surface area contributed by atoms with Crippen molar-refractivity contribution in [3.8, 4) is 11.1 Å². The number of aryl methyl sites for hydroxylation is 3. The Kier molecular flexibility index (Phi) is 9.49. The zero-order chi connectivity index (χ0) is 37.7. The van der Waals surface area contributed by atoms with E-state index in [0.29, 0.717) is 40.3 Å². The van der Waals surface area contributed by atoms with Crippen molar-refractivity contribution in [1.82, 2.24) is 44.6 Å². The van der Waals surface area contributed by atoms with Crippen LogP contribution in [0.1, 0.15) is 85.5 Å². The van der Waals surface area contributed by atoms with Gasteiger partial charge in [0.25, 0.3) is 0 Å². The number of halogens is 1. The van der Waals surface area contributed by atoms with Gasteiger partial charge in [-0.05, 0) is 109 Å². The maximum Gasteiger partial charge on any atom is 0.248 e. The van der Waals surface area contributed by atoms with Crippen LogP contribution < -0.4 is 5.32 Å². The molecule has 8 rings (SSSR count). The number of aromatic nitrogens is 8. The molecule has 4 atom stereocenters. The lowest BCUT2D eigenvalue weighted by Crippen LogP contribution is -2.47. The first-order valence-corrected chi connectivity index (χ1v) is 19.5. The Bertz CT molecular complexity index is 2310. The number of ketones is 1. The molecule has 1 unspecified atom stereocenters. The Morgan fingerprint density at radius 1 is 1.04 bits per heavy atom. The van der Waals surface area contributed by atoms with Crippen molar-refractivity contribution >= 4 is 56.3 Å². The molecule has 1 aliphatic carbocycles. The maximum atomic E-state index is 14.8. The predicted molar refractivity (Wildman–Crippen MR) is 207 cm³/mol. The minimum atomic E-state index is -0.752. The summed E-state index contributed by atoms with van der Waals surface area (Å²) in [4.78, 5) is 57.3. The van der Waals surface area contributed by atoms with Crippen molar-refractivity contribution in [3.63, 3.8) is 0 Å². The summed E-state index contributed by atoms with van der Waals surface area (Å²) in [5.41, 5.74) is 5.04. The molecule has 14 heteroatoms. The third-order valence-corrected chi connectivity index (χ3v) is 11.9. The lowest BCUT2D eigenvalue weighted by Gasteiger charge is -2.28. The molecule has 5 aromatic rings. The Morgan fingerprint density at radius 2 is 1.83 bits per heavy atom. The highest BCUT2D eigenvalue weighted by atomic mass is 79.9. The zero-order valence-corrected chi connectivity index (χ0v) is 32.5. The molecule has 6 heterocycles. The van der Waals surface area contributed by atoms with Crippen LogP contribution in [0.2, 0.25) is 0 Å². The molecule has 2 aliphatic heterocycles. The van der Waals surface area contributed by atoms with E-state index in [4.69, 9.17) is 5.10 Å². The number of benzene rings is 1. The summed E-state index contributed by atoms with van der Waals surface area (Å²) in [5.74, 6) is 0.516. The number of nitrogens with zero attached hydrogens (tertiary/aromatic N) is 9. The molecule has 1 N–H and O–H groups in total. The van der Waals surface area contributed by atoms with E-state index in [-0.39, 0.29) is 41.5 Å². The molecule has 54 heavy (non-hydrogen) atoms. The highest BCUT2D eigenvalue weighted by molar-refractivity contribution is 9.10. The number of fused-ring (bicyclic) bond motifs is 2. The number of Topliss-reactive ketones (excluding diaryl/α,β-unsaturated/α-hetero) is 1. The van der Waals surface area contributed by atoms with Crippen molar-refractivity contribution < 1.29 is 14.4 Å². The number of amides is 2. The van der Waals surface area contributed by atoms with E-state index < -0.39 is 6.04 Å². The molecule has 1 saturated heterocycles. The summed E-state index contributed by atoms with van der Waals surface area (Å²) < 4.78 is 4.14. The Balaban J connectivity index is 1.21. The van der Waals surface area contributed by atoms with Crippen LogP contribution >= 0.6 is 15.9 Å². The standard InChI is InChI=1S/C40H43BrN10O3/c1-23-13-14-33(41)44-38(23)45-39(54)32-17-40-22-49-20-30(46-48-49)12-10-8-6-5-7-9-11-27-15-28(29-18-42-26(4)43-19-29)16-31-35(25(3)52)47-50(36(27)31)21-34(53)51(32)37(40)24(40)2/h10,12-16,18-20,24,32,37H,5-9,11,17,21-22H2,1-4H3,(H,44,45,54)/b12-10-/t24-,32-,37?,40+/m0/s1. The van der Waals surface area contributed by atoms with E-state index in [0.717, 1.165) is 72.0 Å². The molecule has 1 saturated carbocycles. The molecule has 0 radical (unpaired) electrons. The van der Waals surface area contributed by atoms with Crippen LogP contribution in [0.5, 0.6) is 0 Å². The molecule has 4 bridgehead atoms. The second-order valence-electron chi connectivity index (χ2n) is 15.1. The zero-order valence-electron chi connectivity index (χ0n) is 30.9. The van der Waals surface area contributed by atoms with E-state index in [1.165, 1.54) is 6.92 Å². The fourth-order valence-corrected chi connectivity index (χ4v) is 8.93. The molecule has 2 fully saturated rings. The van der Waals surface area contributed by atoms with Gasteiger partial charge in [0.2, 0.25) is 11.8 Å². The predicted octanol–water partition coefficient (Wildman–Crippen LogP) is 6.53. The van der Waals surface area contributed by atoms with Crippen LogP contribution in [0.25, 0.3) is 28.1 Å². The van der Waals surface area contributed by atoms with Gasteiger partial charge < -0.3 is 10.2 Å². The third kappa shape index (κ3) is 6.65. The summed E-state index contributed by atoms with van der Waals surface area (Å²) in [6.07, 6.45) is 15.9. The van der Waals surface area contributed by atoms with Gasteiger partial charge >= 0.3 is 0 Å². The van der Waals surface area contributed by atoms with Crippen molar-refractivity contribution in [2.24, 2.45) is 11.3 Å². The first-order valence-electron chi connectivity index (χ1n) is 18.7. The number of hydrogen-bond acceptors (Lipinski definition) is 9. The average Bonchev–Trinajstić information content (AvgIpc) is 3.58.